The van der Waals surface area contributed by atoms with E-state index in [0.717, 1.165) is 19.7 Å². The van der Waals surface area contributed by atoms with Crippen LogP contribution in [0.2, 0.25) is 0 Å². The van der Waals surface area contributed by atoms with Gasteiger partial charge in [-0.1, -0.05) is 13.3 Å². The SMILES string of the molecule is CCCC1CN(C(C)(C)C)CCO1. The minimum atomic E-state index is 0.301. The van der Waals surface area contributed by atoms with Crippen LogP contribution in [0.3, 0.4) is 0 Å². The van der Waals surface area contributed by atoms with Crippen molar-refractivity contribution in [1.82, 2.24) is 4.90 Å². The molecule has 0 aliphatic carbocycles. The smallest absolute Gasteiger partial charge is 0.0702 e. The van der Waals surface area contributed by atoms with E-state index in [9.17, 15) is 0 Å². The molecule has 0 N–H and O–H groups in total. The van der Waals surface area contributed by atoms with Crippen LogP contribution in [0.5, 0.6) is 0 Å². The van der Waals surface area contributed by atoms with E-state index in [2.05, 4.69) is 32.6 Å². The highest BCUT2D eigenvalue weighted by atomic mass is 16.5. The van der Waals surface area contributed by atoms with Crippen molar-refractivity contribution in [3.05, 3.63) is 0 Å². The van der Waals surface area contributed by atoms with Crippen LogP contribution in [-0.2, 0) is 4.74 Å². The number of rotatable bonds is 2. The number of ether oxygens (including phenoxy) is 1. The van der Waals surface area contributed by atoms with Crippen molar-refractivity contribution >= 4 is 0 Å². The predicted octanol–water partition coefficient (Wildman–Crippen LogP) is 2.29. The Morgan fingerprint density at radius 3 is 2.62 bits per heavy atom. The Labute approximate surface area is 82.3 Å². The molecule has 13 heavy (non-hydrogen) atoms. The first-order chi connectivity index (χ1) is 6.04. The Balaban J connectivity index is 2.42. The van der Waals surface area contributed by atoms with Crippen molar-refractivity contribution in [1.29, 1.82) is 0 Å². The highest BCUT2D eigenvalue weighted by Crippen LogP contribution is 2.19. The second kappa shape index (κ2) is 4.43. The highest BCUT2D eigenvalue weighted by Gasteiger charge is 2.27. The maximum atomic E-state index is 5.70. The van der Waals surface area contributed by atoms with Gasteiger partial charge in [0.05, 0.1) is 12.7 Å². The zero-order valence-electron chi connectivity index (χ0n) is 9.47. The molecule has 1 saturated heterocycles. The first kappa shape index (κ1) is 11.0. The Hall–Kier alpha value is -0.0800. The zero-order chi connectivity index (χ0) is 9.90. The monoisotopic (exact) mass is 185 g/mol. The average molecular weight is 185 g/mol. The maximum absolute atomic E-state index is 5.70. The third kappa shape index (κ3) is 3.28. The summed E-state index contributed by atoms with van der Waals surface area (Å²) in [6, 6.07) is 0. The van der Waals surface area contributed by atoms with Gasteiger partial charge in [0.2, 0.25) is 0 Å². The van der Waals surface area contributed by atoms with E-state index >= 15 is 0 Å². The Kier molecular flexibility index (Phi) is 3.74. The number of morpholine rings is 1. The molecule has 0 radical (unpaired) electrons. The van der Waals surface area contributed by atoms with Crippen LogP contribution in [0.1, 0.15) is 40.5 Å². The lowest BCUT2D eigenvalue weighted by molar-refractivity contribution is -0.0608. The molecule has 0 aromatic rings. The largest absolute Gasteiger partial charge is 0.376 e. The minimum Gasteiger partial charge on any atom is -0.376 e. The predicted molar refractivity (Wildman–Crippen MR) is 56.0 cm³/mol. The summed E-state index contributed by atoms with van der Waals surface area (Å²) in [6.07, 6.45) is 2.90. The highest BCUT2D eigenvalue weighted by molar-refractivity contribution is 4.81. The van der Waals surface area contributed by atoms with E-state index < -0.39 is 0 Å². The Morgan fingerprint density at radius 1 is 1.38 bits per heavy atom. The van der Waals surface area contributed by atoms with Crippen LogP contribution in [0.15, 0.2) is 0 Å². The molecule has 2 nitrogen and oxygen atoms in total. The van der Waals surface area contributed by atoms with Gasteiger partial charge in [0.1, 0.15) is 0 Å². The van der Waals surface area contributed by atoms with Gasteiger partial charge in [-0.3, -0.25) is 4.90 Å². The summed E-state index contributed by atoms with van der Waals surface area (Å²) in [4.78, 5) is 2.52. The van der Waals surface area contributed by atoms with E-state index in [4.69, 9.17) is 4.74 Å². The molecule has 0 aromatic heterocycles. The first-order valence-corrected chi connectivity index (χ1v) is 5.40. The molecule has 0 amide bonds. The molecule has 1 aliphatic rings. The lowest BCUT2D eigenvalue weighted by Gasteiger charge is -2.41. The summed E-state index contributed by atoms with van der Waals surface area (Å²) in [5, 5.41) is 0. The van der Waals surface area contributed by atoms with Gasteiger partial charge in [-0.2, -0.15) is 0 Å². The first-order valence-electron chi connectivity index (χ1n) is 5.40. The van der Waals surface area contributed by atoms with Crippen molar-refractivity contribution in [3.63, 3.8) is 0 Å². The van der Waals surface area contributed by atoms with Crippen LogP contribution >= 0.6 is 0 Å². The van der Waals surface area contributed by atoms with Gasteiger partial charge < -0.3 is 4.74 Å². The number of hydrogen-bond donors (Lipinski definition) is 0. The maximum Gasteiger partial charge on any atom is 0.0702 e. The molecule has 0 spiro atoms. The van der Waals surface area contributed by atoms with Gasteiger partial charge in [-0.25, -0.2) is 0 Å². The fourth-order valence-corrected chi connectivity index (χ4v) is 1.83. The van der Waals surface area contributed by atoms with Crippen LogP contribution in [-0.4, -0.2) is 36.2 Å². The number of nitrogens with zero attached hydrogens (tertiary/aromatic N) is 1. The lowest BCUT2D eigenvalue weighted by Crippen LogP contribution is -2.51. The lowest BCUT2D eigenvalue weighted by atomic mass is 10.0. The molecule has 1 heterocycles. The van der Waals surface area contributed by atoms with E-state index in [0.29, 0.717) is 11.6 Å². The van der Waals surface area contributed by atoms with Gasteiger partial charge >= 0.3 is 0 Å². The van der Waals surface area contributed by atoms with E-state index in [-0.39, 0.29) is 0 Å². The van der Waals surface area contributed by atoms with Crippen molar-refractivity contribution < 1.29 is 4.74 Å². The second-order valence-electron chi connectivity index (χ2n) is 4.90. The number of hydrogen-bond acceptors (Lipinski definition) is 2. The average Bonchev–Trinajstić information content (AvgIpc) is 2.04. The summed E-state index contributed by atoms with van der Waals surface area (Å²) < 4.78 is 5.70. The van der Waals surface area contributed by atoms with Gasteiger partial charge in [-0.15, -0.1) is 0 Å². The van der Waals surface area contributed by atoms with Crippen LogP contribution in [0.25, 0.3) is 0 Å². The fraction of sp³-hybridized carbons (Fsp3) is 1.00. The van der Waals surface area contributed by atoms with E-state index in [1.54, 1.807) is 0 Å². The van der Waals surface area contributed by atoms with Crippen LogP contribution in [0, 0.1) is 0 Å². The van der Waals surface area contributed by atoms with Gasteiger partial charge in [-0.05, 0) is 27.2 Å². The molecular weight excluding hydrogens is 162 g/mol. The summed E-state index contributed by atoms with van der Waals surface area (Å²) in [6.45, 7) is 12.2. The van der Waals surface area contributed by atoms with Gasteiger partial charge in [0.25, 0.3) is 0 Å². The van der Waals surface area contributed by atoms with E-state index in [1.807, 2.05) is 0 Å². The summed E-state index contributed by atoms with van der Waals surface area (Å²) in [7, 11) is 0. The Morgan fingerprint density at radius 2 is 2.08 bits per heavy atom. The van der Waals surface area contributed by atoms with Crippen molar-refractivity contribution in [3.8, 4) is 0 Å². The molecular formula is C11H23NO. The molecule has 2 heteroatoms. The molecule has 1 atom stereocenters. The van der Waals surface area contributed by atoms with Crippen molar-refractivity contribution in [2.45, 2.75) is 52.2 Å². The minimum absolute atomic E-state index is 0.301. The molecule has 1 aliphatic heterocycles. The quantitative estimate of drug-likeness (QED) is 0.654. The molecule has 1 unspecified atom stereocenters. The van der Waals surface area contributed by atoms with Gasteiger partial charge in [0.15, 0.2) is 0 Å². The molecule has 1 rings (SSSR count). The zero-order valence-corrected chi connectivity index (χ0v) is 9.47. The van der Waals surface area contributed by atoms with Crippen molar-refractivity contribution in [2.24, 2.45) is 0 Å². The van der Waals surface area contributed by atoms with Crippen molar-refractivity contribution in [2.75, 3.05) is 19.7 Å². The van der Waals surface area contributed by atoms with E-state index in [1.165, 1.54) is 12.8 Å². The summed E-state index contributed by atoms with van der Waals surface area (Å²) in [5.74, 6) is 0. The second-order valence-corrected chi connectivity index (χ2v) is 4.90. The van der Waals surface area contributed by atoms with Gasteiger partial charge in [0, 0.05) is 18.6 Å². The molecule has 0 aromatic carbocycles. The van der Waals surface area contributed by atoms with Crippen LogP contribution in [0.4, 0.5) is 0 Å². The third-order valence-corrected chi connectivity index (χ3v) is 2.70. The summed E-state index contributed by atoms with van der Waals surface area (Å²) >= 11 is 0. The standard InChI is InChI=1S/C11H23NO/c1-5-6-10-9-12(7-8-13-10)11(2,3)4/h10H,5-9H2,1-4H3. The topological polar surface area (TPSA) is 12.5 Å². The molecule has 78 valence electrons. The Bertz CT molecular complexity index is 149. The fourth-order valence-electron chi connectivity index (χ4n) is 1.83. The third-order valence-electron chi connectivity index (χ3n) is 2.70. The molecule has 0 saturated carbocycles. The molecule has 0 bridgehead atoms. The van der Waals surface area contributed by atoms with Crippen LogP contribution < -0.4 is 0 Å². The molecule has 1 fully saturated rings. The summed E-state index contributed by atoms with van der Waals surface area (Å²) in [5.41, 5.74) is 0.301. The normalized spacial score (nSPS) is 26.3.